The number of aromatic nitrogens is 2. The van der Waals surface area contributed by atoms with E-state index >= 15 is 0 Å². The quantitative estimate of drug-likeness (QED) is 0.326. The Labute approximate surface area is 175 Å². The van der Waals surface area contributed by atoms with Crippen LogP contribution in [0.2, 0.25) is 0 Å². The lowest BCUT2D eigenvalue weighted by atomic mass is 9.99. The smallest absolute Gasteiger partial charge is 0.262 e. The first-order chi connectivity index (χ1) is 13.8. The fraction of sp³-hybridized carbons (Fsp3) is 0.348. The molecule has 0 fully saturated rings. The molecule has 1 aromatic heterocycles. The summed E-state index contributed by atoms with van der Waals surface area (Å²) >= 11 is 1.30. The standard InChI is InChI=1S/C23H26N2O3S/c1-14-10-16(3)19(11-15(14)2)21(26)13-29-23-24-20-9-7-6-8-18(20)22(27)25(23)17(4)12-28-5/h6-11,17H,12-13H2,1-5H3/t17-/m1/s1. The van der Waals surface area contributed by atoms with Crippen molar-refractivity contribution in [3.63, 3.8) is 0 Å². The van der Waals surface area contributed by atoms with E-state index < -0.39 is 0 Å². The van der Waals surface area contributed by atoms with Gasteiger partial charge in [-0.2, -0.15) is 0 Å². The predicted octanol–water partition coefficient (Wildman–Crippen LogP) is 4.50. The normalized spacial score (nSPS) is 12.3. The van der Waals surface area contributed by atoms with E-state index in [0.717, 1.165) is 16.7 Å². The van der Waals surface area contributed by atoms with Gasteiger partial charge in [0.25, 0.3) is 5.56 Å². The number of benzene rings is 2. The van der Waals surface area contributed by atoms with Crippen molar-refractivity contribution in [2.45, 2.75) is 38.9 Å². The maximum Gasteiger partial charge on any atom is 0.262 e. The van der Waals surface area contributed by atoms with Crippen molar-refractivity contribution in [2.75, 3.05) is 19.5 Å². The summed E-state index contributed by atoms with van der Waals surface area (Å²) in [5.74, 6) is 0.248. The molecule has 0 spiro atoms. The molecule has 29 heavy (non-hydrogen) atoms. The number of hydrogen-bond acceptors (Lipinski definition) is 5. The van der Waals surface area contributed by atoms with E-state index in [0.29, 0.717) is 22.7 Å². The Bertz CT molecular complexity index is 1120. The Balaban J connectivity index is 1.97. The highest BCUT2D eigenvalue weighted by Gasteiger charge is 2.18. The summed E-state index contributed by atoms with van der Waals surface area (Å²) < 4.78 is 6.89. The molecule has 0 N–H and O–H groups in total. The van der Waals surface area contributed by atoms with Gasteiger partial charge in [0, 0.05) is 12.7 Å². The number of methoxy groups -OCH3 is 1. The van der Waals surface area contributed by atoms with Crippen molar-refractivity contribution >= 4 is 28.4 Å². The number of Topliss-reactive ketones (excluding diaryl/α,β-unsaturated/α-hetero) is 1. The Morgan fingerprint density at radius 3 is 2.55 bits per heavy atom. The van der Waals surface area contributed by atoms with Gasteiger partial charge in [-0.1, -0.05) is 30.0 Å². The van der Waals surface area contributed by atoms with Crippen molar-refractivity contribution in [3.8, 4) is 0 Å². The molecule has 0 aliphatic heterocycles. The van der Waals surface area contributed by atoms with Gasteiger partial charge in [-0.3, -0.25) is 14.2 Å². The van der Waals surface area contributed by atoms with Crippen LogP contribution in [-0.4, -0.2) is 34.8 Å². The fourth-order valence-electron chi connectivity index (χ4n) is 3.40. The second-order valence-corrected chi connectivity index (χ2v) is 8.30. The number of carbonyl (C=O) groups is 1. The van der Waals surface area contributed by atoms with Gasteiger partial charge in [-0.25, -0.2) is 4.98 Å². The summed E-state index contributed by atoms with van der Waals surface area (Å²) in [7, 11) is 1.61. The van der Waals surface area contributed by atoms with Crippen molar-refractivity contribution in [1.29, 1.82) is 0 Å². The van der Waals surface area contributed by atoms with E-state index in [1.165, 1.54) is 17.3 Å². The van der Waals surface area contributed by atoms with Crippen LogP contribution >= 0.6 is 11.8 Å². The van der Waals surface area contributed by atoms with E-state index in [4.69, 9.17) is 4.74 Å². The molecule has 0 aliphatic rings. The van der Waals surface area contributed by atoms with E-state index in [1.807, 2.05) is 58.0 Å². The zero-order valence-corrected chi connectivity index (χ0v) is 18.3. The van der Waals surface area contributed by atoms with Gasteiger partial charge in [0.05, 0.1) is 29.3 Å². The summed E-state index contributed by atoms with van der Waals surface area (Å²) in [4.78, 5) is 30.7. The molecule has 5 nitrogen and oxygen atoms in total. The Morgan fingerprint density at radius 1 is 1.14 bits per heavy atom. The molecule has 0 saturated heterocycles. The lowest BCUT2D eigenvalue weighted by Gasteiger charge is -2.19. The van der Waals surface area contributed by atoms with Gasteiger partial charge in [0.1, 0.15) is 0 Å². The number of ether oxygens (including phenoxy) is 1. The summed E-state index contributed by atoms with van der Waals surface area (Å²) in [6.45, 7) is 8.31. The number of fused-ring (bicyclic) bond motifs is 1. The molecule has 152 valence electrons. The number of para-hydroxylation sites is 1. The van der Waals surface area contributed by atoms with Crippen LogP contribution < -0.4 is 5.56 Å². The molecule has 3 rings (SSSR count). The summed E-state index contributed by atoms with van der Waals surface area (Å²) in [5.41, 5.74) is 4.48. The third-order valence-electron chi connectivity index (χ3n) is 5.10. The second kappa shape index (κ2) is 8.93. The van der Waals surface area contributed by atoms with Gasteiger partial charge in [-0.05, 0) is 62.6 Å². The van der Waals surface area contributed by atoms with E-state index in [9.17, 15) is 9.59 Å². The van der Waals surface area contributed by atoms with Crippen LogP contribution in [0, 0.1) is 20.8 Å². The number of rotatable bonds is 7. The Kier molecular flexibility index (Phi) is 6.55. The average Bonchev–Trinajstić information content (AvgIpc) is 2.69. The molecule has 0 unspecified atom stereocenters. The number of carbonyl (C=O) groups excluding carboxylic acids is 1. The zero-order chi connectivity index (χ0) is 21.1. The molecule has 0 aliphatic carbocycles. The van der Waals surface area contributed by atoms with Crippen LogP contribution in [0.5, 0.6) is 0 Å². The Hall–Kier alpha value is -2.44. The minimum Gasteiger partial charge on any atom is -0.383 e. The van der Waals surface area contributed by atoms with Crippen LogP contribution in [0.15, 0.2) is 46.3 Å². The first kappa shape index (κ1) is 21.3. The molecular weight excluding hydrogens is 384 g/mol. The maximum absolute atomic E-state index is 13.1. The minimum absolute atomic E-state index is 0.0314. The largest absolute Gasteiger partial charge is 0.383 e. The van der Waals surface area contributed by atoms with Gasteiger partial charge in [-0.15, -0.1) is 0 Å². The van der Waals surface area contributed by atoms with Crippen molar-refractivity contribution in [1.82, 2.24) is 9.55 Å². The molecule has 0 bridgehead atoms. The van der Waals surface area contributed by atoms with Crippen molar-refractivity contribution in [3.05, 3.63) is 69.0 Å². The molecule has 2 aromatic carbocycles. The van der Waals surface area contributed by atoms with Crippen LogP contribution in [0.1, 0.15) is 40.0 Å². The number of ketones is 1. The maximum atomic E-state index is 13.1. The topological polar surface area (TPSA) is 61.2 Å². The first-order valence-electron chi connectivity index (χ1n) is 9.57. The monoisotopic (exact) mass is 410 g/mol. The van der Waals surface area contributed by atoms with E-state index in [-0.39, 0.29) is 23.1 Å². The van der Waals surface area contributed by atoms with Gasteiger partial charge in [0.2, 0.25) is 0 Å². The third-order valence-corrected chi connectivity index (χ3v) is 6.05. The Morgan fingerprint density at radius 2 is 1.83 bits per heavy atom. The molecule has 0 saturated carbocycles. The molecule has 3 aromatic rings. The van der Waals surface area contributed by atoms with Crippen LogP contribution in [0.25, 0.3) is 10.9 Å². The highest BCUT2D eigenvalue weighted by atomic mass is 32.2. The summed E-state index contributed by atoms with van der Waals surface area (Å²) in [6, 6.07) is 11.1. The molecule has 1 atom stereocenters. The minimum atomic E-state index is -0.189. The molecule has 0 radical (unpaired) electrons. The van der Waals surface area contributed by atoms with Gasteiger partial charge < -0.3 is 4.74 Å². The number of nitrogens with zero attached hydrogens (tertiary/aromatic N) is 2. The van der Waals surface area contributed by atoms with Crippen LogP contribution in [0.3, 0.4) is 0 Å². The third kappa shape index (κ3) is 4.43. The van der Waals surface area contributed by atoms with E-state index in [1.54, 1.807) is 17.7 Å². The predicted molar refractivity (Wildman–Crippen MR) is 118 cm³/mol. The molecule has 0 amide bonds. The zero-order valence-electron chi connectivity index (χ0n) is 17.5. The lowest BCUT2D eigenvalue weighted by Crippen LogP contribution is -2.28. The summed E-state index contributed by atoms with van der Waals surface area (Å²) in [6.07, 6.45) is 0. The highest BCUT2D eigenvalue weighted by Crippen LogP contribution is 2.24. The number of hydrogen-bond donors (Lipinski definition) is 0. The molecule has 6 heteroatoms. The van der Waals surface area contributed by atoms with Crippen LogP contribution in [-0.2, 0) is 4.74 Å². The highest BCUT2D eigenvalue weighted by molar-refractivity contribution is 7.99. The number of aryl methyl sites for hydroxylation is 3. The SMILES string of the molecule is COC[C@@H](C)n1c(SCC(=O)c2cc(C)c(C)cc2C)nc2ccccc2c1=O. The fourth-order valence-corrected chi connectivity index (χ4v) is 4.38. The second-order valence-electron chi connectivity index (χ2n) is 7.35. The molecule has 1 heterocycles. The average molecular weight is 411 g/mol. The van der Waals surface area contributed by atoms with Crippen LogP contribution in [0.4, 0.5) is 0 Å². The van der Waals surface area contributed by atoms with Gasteiger partial charge in [0.15, 0.2) is 10.9 Å². The lowest BCUT2D eigenvalue weighted by molar-refractivity contribution is 0.102. The van der Waals surface area contributed by atoms with E-state index in [2.05, 4.69) is 4.98 Å². The summed E-state index contributed by atoms with van der Waals surface area (Å²) in [5, 5.41) is 1.10. The van der Waals surface area contributed by atoms with Crippen molar-refractivity contribution in [2.24, 2.45) is 0 Å². The molecular formula is C23H26N2O3S. The van der Waals surface area contributed by atoms with Gasteiger partial charge >= 0.3 is 0 Å². The van der Waals surface area contributed by atoms with Crippen molar-refractivity contribution < 1.29 is 9.53 Å². The number of thioether (sulfide) groups is 1. The first-order valence-corrected chi connectivity index (χ1v) is 10.6.